The summed E-state index contributed by atoms with van der Waals surface area (Å²) in [5, 5.41) is 13.1. The van der Waals surface area contributed by atoms with Crippen LogP contribution in [0, 0.1) is 6.92 Å². The molecule has 0 spiro atoms. The normalized spacial score (nSPS) is 22.6. The van der Waals surface area contributed by atoms with Gasteiger partial charge in [0, 0.05) is 12.0 Å². The number of ether oxygens (including phenoxy) is 1. The van der Waals surface area contributed by atoms with Crippen LogP contribution in [0.15, 0.2) is 18.2 Å². The maximum Gasteiger partial charge on any atom is 0.234 e. The Labute approximate surface area is 106 Å². The first kappa shape index (κ1) is 12.9. The minimum absolute atomic E-state index is 0.0786. The molecule has 1 aromatic carbocycles. The lowest BCUT2D eigenvalue weighted by Crippen LogP contribution is -2.42. The quantitative estimate of drug-likeness (QED) is 0.702. The molecule has 0 bridgehead atoms. The average molecular weight is 250 g/mol. The molecule has 1 amide bonds. The van der Waals surface area contributed by atoms with E-state index in [-0.39, 0.29) is 18.5 Å². The molecule has 0 saturated heterocycles. The summed E-state index contributed by atoms with van der Waals surface area (Å²) in [5.74, 6) is 0.410. The molecule has 98 valence electrons. The standard InChI is InChI=1S/C13H18N2O3/c1-8-2-3-11-9(6-8)13(17)10(4-5-18-11)15-12(16)7-14/h2-3,6,10,13,17H,4-5,7,14H2,1H3,(H,15,16). The van der Waals surface area contributed by atoms with E-state index in [2.05, 4.69) is 5.32 Å². The molecule has 0 aromatic heterocycles. The molecule has 0 saturated carbocycles. The highest BCUT2D eigenvalue weighted by Crippen LogP contribution is 2.32. The third kappa shape index (κ3) is 2.63. The van der Waals surface area contributed by atoms with E-state index >= 15 is 0 Å². The van der Waals surface area contributed by atoms with E-state index in [1.54, 1.807) is 0 Å². The highest BCUT2D eigenvalue weighted by Gasteiger charge is 2.28. The third-order valence-electron chi connectivity index (χ3n) is 3.08. The van der Waals surface area contributed by atoms with E-state index in [0.717, 1.165) is 11.1 Å². The molecule has 1 heterocycles. The molecule has 2 rings (SSSR count). The van der Waals surface area contributed by atoms with Gasteiger partial charge in [-0.25, -0.2) is 0 Å². The van der Waals surface area contributed by atoms with E-state index < -0.39 is 6.10 Å². The Hall–Kier alpha value is -1.59. The van der Waals surface area contributed by atoms with Crippen molar-refractivity contribution in [1.29, 1.82) is 0 Å². The van der Waals surface area contributed by atoms with E-state index in [9.17, 15) is 9.90 Å². The number of nitrogens with one attached hydrogen (secondary N) is 1. The minimum atomic E-state index is -0.766. The van der Waals surface area contributed by atoms with Crippen LogP contribution in [-0.2, 0) is 4.79 Å². The zero-order valence-electron chi connectivity index (χ0n) is 10.3. The molecule has 1 aliphatic heterocycles. The van der Waals surface area contributed by atoms with Crippen LogP contribution in [0.4, 0.5) is 0 Å². The van der Waals surface area contributed by atoms with E-state index in [1.165, 1.54) is 0 Å². The van der Waals surface area contributed by atoms with Crippen molar-refractivity contribution in [1.82, 2.24) is 5.32 Å². The van der Waals surface area contributed by atoms with Crippen molar-refractivity contribution >= 4 is 5.91 Å². The number of rotatable bonds is 2. The van der Waals surface area contributed by atoms with Gasteiger partial charge in [-0.2, -0.15) is 0 Å². The van der Waals surface area contributed by atoms with Crippen molar-refractivity contribution in [3.8, 4) is 5.75 Å². The van der Waals surface area contributed by atoms with Crippen LogP contribution in [0.5, 0.6) is 5.75 Å². The van der Waals surface area contributed by atoms with E-state index in [1.807, 2.05) is 25.1 Å². The van der Waals surface area contributed by atoms with Gasteiger partial charge in [-0.05, 0) is 19.1 Å². The van der Waals surface area contributed by atoms with Crippen LogP contribution in [0.2, 0.25) is 0 Å². The van der Waals surface area contributed by atoms with Gasteiger partial charge in [0.15, 0.2) is 0 Å². The first-order valence-corrected chi connectivity index (χ1v) is 6.02. The van der Waals surface area contributed by atoms with Crippen LogP contribution >= 0.6 is 0 Å². The van der Waals surface area contributed by atoms with E-state index in [4.69, 9.17) is 10.5 Å². The highest BCUT2D eigenvalue weighted by molar-refractivity contribution is 5.78. The van der Waals surface area contributed by atoms with Crippen molar-refractivity contribution < 1.29 is 14.6 Å². The summed E-state index contributed by atoms with van der Waals surface area (Å²) in [5.41, 5.74) is 7.03. The lowest BCUT2D eigenvalue weighted by Gasteiger charge is -2.21. The Morgan fingerprint density at radius 3 is 3.11 bits per heavy atom. The largest absolute Gasteiger partial charge is 0.493 e. The number of aryl methyl sites for hydroxylation is 1. The summed E-state index contributed by atoms with van der Waals surface area (Å²) in [4.78, 5) is 11.3. The van der Waals surface area contributed by atoms with Gasteiger partial charge in [0.2, 0.25) is 5.91 Å². The summed E-state index contributed by atoms with van der Waals surface area (Å²) >= 11 is 0. The van der Waals surface area contributed by atoms with Crippen molar-refractivity contribution in [3.05, 3.63) is 29.3 Å². The molecular weight excluding hydrogens is 232 g/mol. The molecule has 4 N–H and O–H groups in total. The molecule has 0 fully saturated rings. The van der Waals surface area contributed by atoms with Crippen molar-refractivity contribution in [3.63, 3.8) is 0 Å². The zero-order chi connectivity index (χ0) is 13.1. The average Bonchev–Trinajstić information content (AvgIpc) is 2.51. The topological polar surface area (TPSA) is 84.6 Å². The number of amides is 1. The first-order valence-electron chi connectivity index (χ1n) is 6.02. The molecule has 2 unspecified atom stereocenters. The Bertz CT molecular complexity index is 448. The predicted molar refractivity (Wildman–Crippen MR) is 67.2 cm³/mol. The predicted octanol–water partition coefficient (Wildman–Crippen LogP) is 0.254. The van der Waals surface area contributed by atoms with Gasteiger partial charge in [-0.1, -0.05) is 11.6 Å². The second kappa shape index (κ2) is 5.37. The molecule has 1 aromatic rings. The fourth-order valence-electron chi connectivity index (χ4n) is 2.12. The molecule has 5 heteroatoms. The zero-order valence-corrected chi connectivity index (χ0v) is 10.3. The fraction of sp³-hybridized carbons (Fsp3) is 0.462. The van der Waals surface area contributed by atoms with Crippen LogP contribution < -0.4 is 15.8 Å². The monoisotopic (exact) mass is 250 g/mol. The van der Waals surface area contributed by atoms with Crippen LogP contribution in [-0.4, -0.2) is 30.2 Å². The number of aliphatic hydroxyl groups excluding tert-OH is 1. The summed E-state index contributed by atoms with van der Waals surface area (Å²) < 4.78 is 5.58. The second-order valence-corrected chi connectivity index (χ2v) is 4.50. The number of fused-ring (bicyclic) bond motifs is 1. The number of benzene rings is 1. The molecule has 2 atom stereocenters. The lowest BCUT2D eigenvalue weighted by molar-refractivity contribution is -0.121. The van der Waals surface area contributed by atoms with E-state index in [0.29, 0.717) is 18.8 Å². The maximum absolute atomic E-state index is 11.3. The Morgan fingerprint density at radius 2 is 2.39 bits per heavy atom. The number of hydrogen-bond donors (Lipinski definition) is 3. The van der Waals surface area contributed by atoms with Gasteiger partial charge in [-0.3, -0.25) is 4.79 Å². The number of carbonyl (C=O) groups excluding carboxylic acids is 1. The summed E-state index contributed by atoms with van der Waals surface area (Å²) in [6.07, 6.45) is -0.210. The Kier molecular flexibility index (Phi) is 3.84. The number of carbonyl (C=O) groups is 1. The SMILES string of the molecule is Cc1ccc2c(c1)C(O)C(NC(=O)CN)CCO2. The molecule has 18 heavy (non-hydrogen) atoms. The Balaban J connectivity index is 2.25. The van der Waals surface area contributed by atoms with Gasteiger partial charge in [-0.15, -0.1) is 0 Å². The molecule has 0 radical (unpaired) electrons. The molecular formula is C13H18N2O3. The van der Waals surface area contributed by atoms with Crippen molar-refractivity contribution in [2.45, 2.75) is 25.5 Å². The highest BCUT2D eigenvalue weighted by atomic mass is 16.5. The van der Waals surface area contributed by atoms with Gasteiger partial charge < -0.3 is 20.9 Å². The van der Waals surface area contributed by atoms with Crippen LogP contribution in [0.1, 0.15) is 23.7 Å². The fourth-order valence-corrected chi connectivity index (χ4v) is 2.12. The number of nitrogens with two attached hydrogens (primary N) is 1. The second-order valence-electron chi connectivity index (χ2n) is 4.50. The molecule has 1 aliphatic rings. The lowest BCUT2D eigenvalue weighted by atomic mass is 9.98. The van der Waals surface area contributed by atoms with Gasteiger partial charge in [0.1, 0.15) is 11.9 Å². The minimum Gasteiger partial charge on any atom is -0.493 e. The number of aliphatic hydroxyl groups is 1. The first-order chi connectivity index (χ1) is 8.61. The van der Waals surface area contributed by atoms with Crippen LogP contribution in [0.25, 0.3) is 0 Å². The van der Waals surface area contributed by atoms with Gasteiger partial charge in [0.05, 0.1) is 19.2 Å². The summed E-state index contributed by atoms with van der Waals surface area (Å²) in [7, 11) is 0. The number of hydrogen-bond acceptors (Lipinski definition) is 4. The smallest absolute Gasteiger partial charge is 0.234 e. The van der Waals surface area contributed by atoms with Crippen molar-refractivity contribution in [2.24, 2.45) is 5.73 Å². The maximum atomic E-state index is 11.3. The molecule has 5 nitrogen and oxygen atoms in total. The van der Waals surface area contributed by atoms with Gasteiger partial charge >= 0.3 is 0 Å². The van der Waals surface area contributed by atoms with Gasteiger partial charge in [0.25, 0.3) is 0 Å². The van der Waals surface area contributed by atoms with Crippen molar-refractivity contribution in [2.75, 3.05) is 13.2 Å². The summed E-state index contributed by atoms with van der Waals surface area (Å²) in [6, 6.07) is 5.31. The third-order valence-corrected chi connectivity index (χ3v) is 3.08. The molecule has 0 aliphatic carbocycles. The Morgan fingerprint density at radius 1 is 1.61 bits per heavy atom. The van der Waals surface area contributed by atoms with Crippen LogP contribution in [0.3, 0.4) is 0 Å². The summed E-state index contributed by atoms with van der Waals surface area (Å²) in [6.45, 7) is 2.33.